The van der Waals surface area contributed by atoms with Crippen molar-refractivity contribution in [1.82, 2.24) is 4.90 Å². The van der Waals surface area contributed by atoms with Crippen LogP contribution in [-0.2, 0) is 15.9 Å². The van der Waals surface area contributed by atoms with Crippen LogP contribution in [0.25, 0.3) is 0 Å². The van der Waals surface area contributed by atoms with Crippen LogP contribution in [0.4, 0.5) is 0 Å². The van der Waals surface area contributed by atoms with Gasteiger partial charge in [0.15, 0.2) is 0 Å². The highest BCUT2D eigenvalue weighted by Gasteiger charge is 2.51. The molecular weight excluding hydrogens is 289 g/mol. The third kappa shape index (κ3) is 3.63. The van der Waals surface area contributed by atoms with Crippen LogP contribution in [-0.4, -0.2) is 47.5 Å². The molecule has 126 valence electrons. The summed E-state index contributed by atoms with van der Waals surface area (Å²) in [6.45, 7) is 11.2. The van der Waals surface area contributed by atoms with Crippen molar-refractivity contribution < 1.29 is 14.4 Å². The van der Waals surface area contributed by atoms with Gasteiger partial charge in [-0.15, -0.1) is 0 Å². The zero-order chi connectivity index (χ0) is 16.7. The van der Waals surface area contributed by atoms with Gasteiger partial charge >= 0.3 is 7.12 Å². The molecule has 2 aliphatic heterocycles. The minimum absolute atomic E-state index is 0.114. The average Bonchev–Trinajstić information content (AvgIpc) is 2.71. The molecule has 0 saturated carbocycles. The largest absolute Gasteiger partial charge is 0.494 e. The Labute approximate surface area is 139 Å². The summed E-state index contributed by atoms with van der Waals surface area (Å²) < 4.78 is 12.2. The monoisotopic (exact) mass is 317 g/mol. The molecule has 2 saturated heterocycles. The molecule has 3 rings (SSSR count). The smallest absolute Gasteiger partial charge is 0.399 e. The van der Waals surface area contributed by atoms with Gasteiger partial charge < -0.3 is 14.4 Å². The fourth-order valence-corrected chi connectivity index (χ4v) is 3.09. The average molecular weight is 317 g/mol. The first-order valence-corrected chi connectivity index (χ1v) is 8.62. The van der Waals surface area contributed by atoms with Crippen molar-refractivity contribution in [2.45, 2.75) is 64.4 Å². The lowest BCUT2D eigenvalue weighted by Gasteiger charge is -2.32. The van der Waals surface area contributed by atoms with E-state index in [2.05, 4.69) is 56.9 Å². The quantitative estimate of drug-likeness (QED) is 0.865. The van der Waals surface area contributed by atoms with Crippen molar-refractivity contribution in [3.8, 4) is 0 Å². The van der Waals surface area contributed by atoms with Gasteiger partial charge in [0.2, 0.25) is 0 Å². The number of hydrogen-bond acceptors (Lipinski definition) is 4. The van der Waals surface area contributed by atoms with E-state index in [1.807, 2.05) is 0 Å². The molecule has 4 nitrogen and oxygen atoms in total. The van der Waals surface area contributed by atoms with Crippen molar-refractivity contribution in [3.05, 3.63) is 29.8 Å². The van der Waals surface area contributed by atoms with Crippen LogP contribution in [0.1, 0.15) is 46.1 Å². The summed E-state index contributed by atoms with van der Waals surface area (Å²) in [5.74, 6) is 0. The van der Waals surface area contributed by atoms with Gasteiger partial charge in [-0.25, -0.2) is 0 Å². The van der Waals surface area contributed by atoms with Crippen molar-refractivity contribution in [2.24, 2.45) is 0 Å². The lowest BCUT2D eigenvalue weighted by atomic mass is 9.79. The highest BCUT2D eigenvalue weighted by Crippen LogP contribution is 2.36. The van der Waals surface area contributed by atoms with Crippen LogP contribution in [0.5, 0.6) is 0 Å². The van der Waals surface area contributed by atoms with E-state index in [4.69, 9.17) is 9.31 Å². The summed E-state index contributed by atoms with van der Waals surface area (Å²) in [5.41, 5.74) is 1.76. The Balaban J connectivity index is 1.62. The molecule has 0 atom stereocenters. The molecular formula is C18H28BNO3. The van der Waals surface area contributed by atoms with E-state index in [0.29, 0.717) is 0 Å². The number of likely N-dealkylation sites (tertiary alicyclic amines) is 1. The molecule has 2 fully saturated rings. The standard InChI is InChI=1S/C18H28BNO3/c1-17(2)18(3,4)23-19(22-17)15-7-5-14(6-8-15)13-20-11-9-16(21)10-12-20/h5-8,16,21H,9-13H2,1-4H3. The fraction of sp³-hybridized carbons (Fsp3) is 0.667. The molecule has 2 aliphatic rings. The van der Waals surface area contributed by atoms with Gasteiger partial charge in [0.1, 0.15) is 0 Å². The molecule has 0 aliphatic carbocycles. The zero-order valence-electron chi connectivity index (χ0n) is 14.7. The summed E-state index contributed by atoms with van der Waals surface area (Å²) in [6, 6.07) is 8.53. The van der Waals surface area contributed by atoms with Crippen molar-refractivity contribution in [2.75, 3.05) is 13.1 Å². The van der Waals surface area contributed by atoms with E-state index in [0.717, 1.165) is 37.9 Å². The minimum atomic E-state index is -0.301. The van der Waals surface area contributed by atoms with Crippen LogP contribution in [0.15, 0.2) is 24.3 Å². The van der Waals surface area contributed by atoms with E-state index in [-0.39, 0.29) is 24.4 Å². The highest BCUT2D eigenvalue weighted by molar-refractivity contribution is 6.62. The minimum Gasteiger partial charge on any atom is -0.399 e. The van der Waals surface area contributed by atoms with Crippen LogP contribution in [0, 0.1) is 0 Å². The molecule has 0 spiro atoms. The number of benzene rings is 1. The molecule has 5 heteroatoms. The first-order chi connectivity index (χ1) is 10.8. The first kappa shape index (κ1) is 17.0. The van der Waals surface area contributed by atoms with Crippen molar-refractivity contribution >= 4 is 12.6 Å². The van der Waals surface area contributed by atoms with Gasteiger partial charge in [0.25, 0.3) is 0 Å². The van der Waals surface area contributed by atoms with Gasteiger partial charge in [0.05, 0.1) is 17.3 Å². The number of nitrogens with zero attached hydrogens (tertiary/aromatic N) is 1. The highest BCUT2D eigenvalue weighted by atomic mass is 16.7. The number of rotatable bonds is 3. The Hall–Kier alpha value is -0.875. The number of aliphatic hydroxyl groups excluding tert-OH is 1. The third-order valence-electron chi connectivity index (χ3n) is 5.47. The Kier molecular flexibility index (Phi) is 4.58. The molecule has 23 heavy (non-hydrogen) atoms. The van der Waals surface area contributed by atoms with Gasteiger partial charge in [-0.1, -0.05) is 24.3 Å². The zero-order valence-corrected chi connectivity index (χ0v) is 14.7. The Morgan fingerprint density at radius 2 is 1.57 bits per heavy atom. The molecule has 1 N–H and O–H groups in total. The topological polar surface area (TPSA) is 41.9 Å². The molecule has 1 aromatic carbocycles. The number of aliphatic hydroxyl groups is 1. The van der Waals surface area contributed by atoms with Crippen LogP contribution < -0.4 is 5.46 Å². The molecule has 2 heterocycles. The third-order valence-corrected chi connectivity index (χ3v) is 5.47. The number of piperidine rings is 1. The predicted octanol–water partition coefficient (Wildman–Crippen LogP) is 1.94. The van der Waals surface area contributed by atoms with Crippen molar-refractivity contribution in [1.29, 1.82) is 0 Å². The first-order valence-electron chi connectivity index (χ1n) is 8.62. The number of hydrogen-bond donors (Lipinski definition) is 1. The summed E-state index contributed by atoms with van der Waals surface area (Å²) in [4.78, 5) is 2.40. The Bertz CT molecular complexity index is 520. The van der Waals surface area contributed by atoms with Crippen LogP contribution in [0.2, 0.25) is 0 Å². The molecule has 1 aromatic rings. The molecule has 0 bridgehead atoms. The second-order valence-corrected chi connectivity index (χ2v) is 7.84. The maximum Gasteiger partial charge on any atom is 0.494 e. The maximum atomic E-state index is 9.58. The van der Waals surface area contributed by atoms with E-state index in [9.17, 15) is 5.11 Å². The van der Waals surface area contributed by atoms with Gasteiger partial charge in [-0.05, 0) is 51.6 Å². The van der Waals surface area contributed by atoms with E-state index in [1.165, 1.54) is 5.56 Å². The second kappa shape index (κ2) is 6.21. The molecule has 0 unspecified atom stereocenters. The van der Waals surface area contributed by atoms with Gasteiger partial charge in [-0.2, -0.15) is 0 Å². The molecule has 0 amide bonds. The predicted molar refractivity (Wildman–Crippen MR) is 92.7 cm³/mol. The van der Waals surface area contributed by atoms with E-state index < -0.39 is 0 Å². The summed E-state index contributed by atoms with van der Waals surface area (Å²) in [6.07, 6.45) is 1.65. The Morgan fingerprint density at radius 1 is 1.04 bits per heavy atom. The van der Waals surface area contributed by atoms with Crippen LogP contribution >= 0.6 is 0 Å². The lowest BCUT2D eigenvalue weighted by Crippen LogP contribution is -2.41. The summed E-state index contributed by atoms with van der Waals surface area (Å²) in [7, 11) is -0.292. The maximum absolute atomic E-state index is 9.58. The fourth-order valence-electron chi connectivity index (χ4n) is 3.09. The normalized spacial score (nSPS) is 25.0. The van der Waals surface area contributed by atoms with Gasteiger partial charge in [-0.3, -0.25) is 4.90 Å². The van der Waals surface area contributed by atoms with E-state index in [1.54, 1.807) is 0 Å². The molecule has 0 aromatic heterocycles. The second-order valence-electron chi connectivity index (χ2n) is 7.84. The lowest BCUT2D eigenvalue weighted by molar-refractivity contribution is 0.00578. The molecule has 0 radical (unpaired) electrons. The van der Waals surface area contributed by atoms with Crippen molar-refractivity contribution in [3.63, 3.8) is 0 Å². The summed E-state index contributed by atoms with van der Waals surface area (Å²) in [5, 5.41) is 9.58. The Morgan fingerprint density at radius 3 is 2.09 bits per heavy atom. The van der Waals surface area contributed by atoms with Gasteiger partial charge in [0, 0.05) is 19.6 Å². The SMILES string of the molecule is CC1(C)OB(c2ccc(CN3CCC(O)CC3)cc2)OC1(C)C. The summed E-state index contributed by atoms with van der Waals surface area (Å²) >= 11 is 0. The van der Waals surface area contributed by atoms with Crippen LogP contribution in [0.3, 0.4) is 0 Å². The van der Waals surface area contributed by atoms with E-state index >= 15 is 0 Å².